The van der Waals surface area contributed by atoms with Crippen molar-refractivity contribution in [2.75, 3.05) is 6.67 Å². The molecule has 0 aliphatic carbocycles. The van der Waals surface area contributed by atoms with Crippen LogP contribution in [0.4, 0.5) is 4.39 Å². The normalized spacial score (nSPS) is 10.9. The molecule has 2 N–H and O–H groups in total. The van der Waals surface area contributed by atoms with Gasteiger partial charge in [-0.25, -0.2) is 0 Å². The van der Waals surface area contributed by atoms with Crippen molar-refractivity contribution in [3.05, 3.63) is 44.5 Å². The molecule has 2 aromatic rings. The molecule has 0 radical (unpaired) electrons. The van der Waals surface area contributed by atoms with Gasteiger partial charge in [0.2, 0.25) is 0 Å². The number of rotatable bonds is 5. The number of unbranched alkanes of at least 4 members (excludes halogenated alkanes) is 2. The number of H-pyrrole nitrogens is 2. The summed E-state index contributed by atoms with van der Waals surface area (Å²) < 4.78 is 11.9. The van der Waals surface area contributed by atoms with Gasteiger partial charge in [-0.3, -0.25) is 14.0 Å². The van der Waals surface area contributed by atoms with E-state index >= 15 is 0 Å². The molecule has 0 amide bonds. The standard InChI is InChI=1S/C13H15FN2O2/c14-7-3-1-2-4-9-5-6-10-11(8-9)16-13(18)12(17)15-10/h5-6,8H,1-4,7H2,(H,15,17)(H,16,18). The van der Waals surface area contributed by atoms with Crippen LogP contribution in [0.1, 0.15) is 24.8 Å². The third-order valence-electron chi connectivity index (χ3n) is 2.89. The van der Waals surface area contributed by atoms with Crippen LogP contribution >= 0.6 is 0 Å². The molecule has 18 heavy (non-hydrogen) atoms. The van der Waals surface area contributed by atoms with E-state index in [9.17, 15) is 14.0 Å². The number of aromatic amines is 2. The van der Waals surface area contributed by atoms with Crippen molar-refractivity contribution in [3.63, 3.8) is 0 Å². The molecule has 0 bridgehead atoms. The topological polar surface area (TPSA) is 65.7 Å². The number of nitrogens with one attached hydrogen (secondary N) is 2. The van der Waals surface area contributed by atoms with Crippen LogP contribution in [0, 0.1) is 0 Å². The molecule has 5 heteroatoms. The van der Waals surface area contributed by atoms with Crippen molar-refractivity contribution >= 4 is 11.0 Å². The van der Waals surface area contributed by atoms with E-state index in [4.69, 9.17) is 0 Å². The zero-order valence-corrected chi connectivity index (χ0v) is 9.96. The van der Waals surface area contributed by atoms with Gasteiger partial charge < -0.3 is 9.97 Å². The Morgan fingerprint density at radius 1 is 0.944 bits per heavy atom. The SMILES string of the molecule is O=c1[nH]c2ccc(CCCCCF)cc2[nH]c1=O. The average Bonchev–Trinajstić information content (AvgIpc) is 2.36. The molecular formula is C13H15FN2O2. The van der Waals surface area contributed by atoms with Crippen molar-refractivity contribution in [1.82, 2.24) is 9.97 Å². The second kappa shape index (κ2) is 5.62. The van der Waals surface area contributed by atoms with Crippen LogP contribution in [0.3, 0.4) is 0 Å². The van der Waals surface area contributed by atoms with E-state index in [0.717, 1.165) is 24.8 Å². The molecule has 0 fully saturated rings. The van der Waals surface area contributed by atoms with Crippen LogP contribution in [-0.2, 0) is 6.42 Å². The number of fused-ring (bicyclic) bond motifs is 1. The highest BCUT2D eigenvalue weighted by atomic mass is 19.1. The number of halogens is 1. The fourth-order valence-electron chi connectivity index (χ4n) is 1.92. The molecule has 0 aliphatic rings. The predicted octanol–water partition coefficient (Wildman–Crippen LogP) is 1.90. The van der Waals surface area contributed by atoms with E-state index in [-0.39, 0.29) is 6.67 Å². The van der Waals surface area contributed by atoms with Gasteiger partial charge in [0, 0.05) is 0 Å². The molecule has 0 aliphatic heterocycles. The van der Waals surface area contributed by atoms with Crippen molar-refractivity contribution in [3.8, 4) is 0 Å². The zero-order valence-electron chi connectivity index (χ0n) is 9.96. The molecule has 1 heterocycles. The van der Waals surface area contributed by atoms with Gasteiger partial charge in [-0.15, -0.1) is 0 Å². The van der Waals surface area contributed by atoms with Crippen LogP contribution in [0.2, 0.25) is 0 Å². The van der Waals surface area contributed by atoms with Gasteiger partial charge in [0.05, 0.1) is 17.7 Å². The minimum absolute atomic E-state index is 0.272. The first kappa shape index (κ1) is 12.5. The fraction of sp³-hybridized carbons (Fsp3) is 0.385. The number of benzene rings is 1. The highest BCUT2D eigenvalue weighted by Crippen LogP contribution is 2.12. The summed E-state index contributed by atoms with van der Waals surface area (Å²) in [4.78, 5) is 27.4. The third kappa shape index (κ3) is 2.85. The van der Waals surface area contributed by atoms with Crippen LogP contribution < -0.4 is 11.1 Å². The lowest BCUT2D eigenvalue weighted by Gasteiger charge is -2.03. The van der Waals surface area contributed by atoms with E-state index in [1.807, 2.05) is 12.1 Å². The largest absolute Gasteiger partial charge is 0.316 e. The van der Waals surface area contributed by atoms with Crippen LogP contribution in [0.15, 0.2) is 27.8 Å². The molecule has 0 spiro atoms. The first-order chi connectivity index (χ1) is 8.70. The Morgan fingerprint density at radius 2 is 1.67 bits per heavy atom. The van der Waals surface area contributed by atoms with Gasteiger partial charge in [-0.05, 0) is 37.0 Å². The van der Waals surface area contributed by atoms with Crippen molar-refractivity contribution in [2.24, 2.45) is 0 Å². The Bertz CT molecular complexity index is 645. The average molecular weight is 250 g/mol. The third-order valence-corrected chi connectivity index (χ3v) is 2.89. The summed E-state index contributed by atoms with van der Waals surface area (Å²) in [5.74, 6) is 0. The minimum Gasteiger partial charge on any atom is -0.316 e. The van der Waals surface area contributed by atoms with Gasteiger partial charge in [0.25, 0.3) is 0 Å². The first-order valence-corrected chi connectivity index (χ1v) is 6.02. The van der Waals surface area contributed by atoms with Gasteiger partial charge in [0.1, 0.15) is 0 Å². The maximum absolute atomic E-state index is 11.9. The summed E-state index contributed by atoms with van der Waals surface area (Å²) in [6, 6.07) is 5.53. The Hall–Kier alpha value is -1.91. The van der Waals surface area contributed by atoms with Crippen LogP contribution in [0.25, 0.3) is 11.0 Å². The van der Waals surface area contributed by atoms with E-state index in [2.05, 4.69) is 9.97 Å². The lowest BCUT2D eigenvalue weighted by atomic mass is 10.1. The lowest BCUT2D eigenvalue weighted by Crippen LogP contribution is -2.28. The van der Waals surface area contributed by atoms with Crippen molar-refractivity contribution < 1.29 is 4.39 Å². The zero-order chi connectivity index (χ0) is 13.0. The molecule has 1 aromatic carbocycles. The Morgan fingerprint density at radius 3 is 2.39 bits per heavy atom. The number of aromatic nitrogens is 2. The molecule has 0 saturated heterocycles. The Kier molecular flexibility index (Phi) is 3.92. The first-order valence-electron chi connectivity index (χ1n) is 6.02. The van der Waals surface area contributed by atoms with Gasteiger partial charge in [-0.2, -0.15) is 0 Å². The van der Waals surface area contributed by atoms with E-state index in [0.29, 0.717) is 17.5 Å². The predicted molar refractivity (Wildman–Crippen MR) is 68.7 cm³/mol. The fourth-order valence-corrected chi connectivity index (χ4v) is 1.92. The van der Waals surface area contributed by atoms with Crippen molar-refractivity contribution in [1.29, 1.82) is 0 Å². The maximum atomic E-state index is 11.9. The summed E-state index contributed by atoms with van der Waals surface area (Å²) in [6.07, 6.45) is 3.22. The van der Waals surface area contributed by atoms with Gasteiger partial charge in [-0.1, -0.05) is 12.5 Å². The molecule has 1 aromatic heterocycles. The summed E-state index contributed by atoms with van der Waals surface area (Å²) in [5, 5.41) is 0. The second-order valence-electron chi connectivity index (χ2n) is 4.29. The summed E-state index contributed by atoms with van der Waals surface area (Å²) >= 11 is 0. The molecular weight excluding hydrogens is 235 g/mol. The van der Waals surface area contributed by atoms with E-state index in [1.54, 1.807) is 6.07 Å². The Labute approximate surface area is 103 Å². The molecule has 96 valence electrons. The highest BCUT2D eigenvalue weighted by molar-refractivity contribution is 5.74. The van der Waals surface area contributed by atoms with E-state index in [1.165, 1.54) is 0 Å². The summed E-state index contributed by atoms with van der Waals surface area (Å²) in [7, 11) is 0. The summed E-state index contributed by atoms with van der Waals surface area (Å²) in [6.45, 7) is -0.272. The van der Waals surface area contributed by atoms with Crippen LogP contribution in [-0.4, -0.2) is 16.6 Å². The van der Waals surface area contributed by atoms with Crippen molar-refractivity contribution in [2.45, 2.75) is 25.7 Å². The minimum atomic E-state index is -0.642. The highest BCUT2D eigenvalue weighted by Gasteiger charge is 2.01. The number of alkyl halides is 1. The number of hydrogen-bond donors (Lipinski definition) is 2. The number of hydrogen-bond acceptors (Lipinski definition) is 2. The maximum Gasteiger partial charge on any atom is 0.314 e. The lowest BCUT2D eigenvalue weighted by molar-refractivity contribution is 0.456. The smallest absolute Gasteiger partial charge is 0.314 e. The second-order valence-corrected chi connectivity index (χ2v) is 4.29. The quantitative estimate of drug-likeness (QED) is 0.628. The van der Waals surface area contributed by atoms with Gasteiger partial charge in [0.15, 0.2) is 0 Å². The Balaban J connectivity index is 2.19. The molecule has 2 rings (SSSR count). The molecule has 4 nitrogen and oxygen atoms in total. The van der Waals surface area contributed by atoms with Gasteiger partial charge >= 0.3 is 11.1 Å². The van der Waals surface area contributed by atoms with Crippen LogP contribution in [0.5, 0.6) is 0 Å². The monoisotopic (exact) mass is 250 g/mol. The number of aryl methyl sites for hydroxylation is 1. The van der Waals surface area contributed by atoms with E-state index < -0.39 is 11.1 Å². The molecule has 0 saturated carbocycles. The molecule has 0 atom stereocenters. The molecule has 0 unspecified atom stereocenters. The summed E-state index contributed by atoms with van der Waals surface area (Å²) in [5.41, 5.74) is 1.04.